The average Bonchev–Trinajstić information content (AvgIpc) is 3.69. The highest BCUT2D eigenvalue weighted by Crippen LogP contribution is 2.66. The molecule has 0 aromatic heterocycles. The summed E-state index contributed by atoms with van der Waals surface area (Å²) in [5.74, 6) is -1.49. The number of aliphatic hydroxyl groups is 1. The minimum Gasteiger partial charge on any atom is -0.396 e. The number of aliphatic hydroxyl groups excluding tert-OH is 1. The van der Waals surface area contributed by atoms with Crippen LogP contribution in [-0.2, 0) is 20.9 Å². The zero-order chi connectivity index (χ0) is 30.8. The van der Waals surface area contributed by atoms with Crippen LogP contribution in [0.5, 0.6) is 0 Å². The first-order valence-electron chi connectivity index (χ1n) is 15.4. The maximum absolute atomic E-state index is 14.8. The maximum Gasteiger partial charge on any atom is 0.251 e. The number of carbonyl (C=O) groups is 3. The second kappa shape index (κ2) is 12.6. The third kappa shape index (κ3) is 5.14. The van der Waals surface area contributed by atoms with Gasteiger partial charge in [0.1, 0.15) is 6.04 Å². The summed E-state index contributed by atoms with van der Waals surface area (Å²) in [5.41, 5.74) is 1.76. The highest BCUT2D eigenvalue weighted by atomic mass is 32.2. The smallest absolute Gasteiger partial charge is 0.251 e. The van der Waals surface area contributed by atoms with Gasteiger partial charge in [-0.15, -0.1) is 24.9 Å². The van der Waals surface area contributed by atoms with Crippen LogP contribution in [0.1, 0.15) is 24.8 Å². The highest BCUT2D eigenvalue weighted by molar-refractivity contribution is 8.02. The topological polar surface area (TPSA) is 81.2 Å². The molecule has 8 heteroatoms. The number of rotatable bonds is 12. The monoisotopic (exact) mass is 609 g/mol. The molecule has 3 heterocycles. The van der Waals surface area contributed by atoms with Crippen molar-refractivity contribution >= 4 is 45.9 Å². The highest BCUT2D eigenvalue weighted by Gasteiger charge is 2.74. The molecule has 2 unspecified atom stereocenters. The van der Waals surface area contributed by atoms with E-state index in [9.17, 15) is 19.5 Å². The number of nitrogens with zero attached hydrogens (tertiary/aromatic N) is 3. The molecule has 3 amide bonds. The van der Waals surface area contributed by atoms with Crippen LogP contribution in [-0.4, -0.2) is 74.9 Å². The Labute approximate surface area is 263 Å². The standard InChI is InChI=1S/C36H39N3O4S/c1-3-19-37(24-25-11-6-5-7-12-25)33(41)30-29-17-18-36(44-29)31(30)34(42)39(21-10-22-40)32(36)35(43)38(20-4-2)28-16-15-26-13-8-9-14-27(26)23-28/h3-9,11-16,23,29-32,40H,1-2,10,17-22,24H2/t29-,30+,31+,32?,36?/m1/s1. The molecular weight excluding hydrogens is 570 g/mol. The summed E-state index contributed by atoms with van der Waals surface area (Å²) in [5, 5.41) is 11.8. The fourth-order valence-corrected chi connectivity index (χ4v) is 9.75. The van der Waals surface area contributed by atoms with Gasteiger partial charge in [-0.1, -0.05) is 72.8 Å². The van der Waals surface area contributed by atoms with Gasteiger partial charge in [-0.3, -0.25) is 14.4 Å². The number of carbonyl (C=O) groups excluding carboxylic acids is 3. The number of hydrogen-bond donors (Lipinski definition) is 1. The van der Waals surface area contributed by atoms with Crippen LogP contribution < -0.4 is 4.90 Å². The molecular formula is C36H39N3O4S. The molecule has 0 aliphatic carbocycles. The number of benzene rings is 3. The van der Waals surface area contributed by atoms with Gasteiger partial charge in [-0.25, -0.2) is 0 Å². The molecule has 3 aliphatic heterocycles. The summed E-state index contributed by atoms with van der Waals surface area (Å²) >= 11 is 1.67. The number of amides is 3. The SMILES string of the molecule is C=CCN(Cc1ccccc1)C(=O)[C@@H]1[C@H]2C(=O)N(CCCO)C(C(=O)N(CC=C)c3ccc4ccccc4c3)C23CC[C@H]1S3. The Hall–Kier alpha value is -3.88. The fraction of sp³-hybridized carbons (Fsp3) is 0.361. The molecule has 2 bridgehead atoms. The van der Waals surface area contributed by atoms with Crippen LogP contribution in [0.2, 0.25) is 0 Å². The lowest BCUT2D eigenvalue weighted by Crippen LogP contribution is -2.55. The number of anilines is 1. The van der Waals surface area contributed by atoms with E-state index in [-0.39, 0.29) is 42.7 Å². The van der Waals surface area contributed by atoms with Crippen LogP contribution in [0.4, 0.5) is 5.69 Å². The van der Waals surface area contributed by atoms with Crippen molar-refractivity contribution in [2.75, 3.05) is 31.1 Å². The van der Waals surface area contributed by atoms with Gasteiger partial charge in [-0.05, 0) is 47.7 Å². The zero-order valence-corrected chi connectivity index (χ0v) is 25.7. The second-order valence-electron chi connectivity index (χ2n) is 11.9. The van der Waals surface area contributed by atoms with Crippen LogP contribution in [0.25, 0.3) is 10.8 Å². The molecule has 3 aromatic carbocycles. The Morgan fingerprint density at radius 1 is 0.977 bits per heavy atom. The lowest BCUT2D eigenvalue weighted by Gasteiger charge is -2.37. The van der Waals surface area contributed by atoms with E-state index in [4.69, 9.17) is 0 Å². The minimum absolute atomic E-state index is 0.0386. The molecule has 3 saturated heterocycles. The number of hydrogen-bond acceptors (Lipinski definition) is 5. The summed E-state index contributed by atoms with van der Waals surface area (Å²) in [7, 11) is 0. The van der Waals surface area contributed by atoms with Gasteiger partial charge < -0.3 is 19.8 Å². The third-order valence-corrected chi connectivity index (χ3v) is 11.3. The van der Waals surface area contributed by atoms with Gasteiger partial charge in [0.25, 0.3) is 5.91 Å². The maximum atomic E-state index is 14.8. The minimum atomic E-state index is -0.743. The molecule has 0 saturated carbocycles. The fourth-order valence-electron chi connectivity index (χ4n) is 7.54. The van der Waals surface area contributed by atoms with Crippen LogP contribution in [0.3, 0.4) is 0 Å². The van der Waals surface area contributed by atoms with Crippen molar-refractivity contribution < 1.29 is 19.5 Å². The Bertz CT molecular complexity index is 1580. The summed E-state index contributed by atoms with van der Waals surface area (Å²) in [6.07, 6.45) is 5.25. The van der Waals surface area contributed by atoms with Crippen molar-refractivity contribution in [2.45, 2.75) is 41.8 Å². The normalized spacial score (nSPS) is 25.2. The molecule has 3 aromatic rings. The molecule has 7 nitrogen and oxygen atoms in total. The Kier molecular flexibility index (Phi) is 8.65. The molecule has 228 valence electrons. The van der Waals surface area contributed by atoms with Gasteiger partial charge in [0.15, 0.2) is 0 Å². The zero-order valence-electron chi connectivity index (χ0n) is 24.9. The Balaban J connectivity index is 1.37. The molecule has 5 atom stereocenters. The van der Waals surface area contributed by atoms with Crippen LogP contribution in [0, 0.1) is 11.8 Å². The summed E-state index contributed by atoms with van der Waals surface area (Å²) in [4.78, 5) is 48.7. The van der Waals surface area contributed by atoms with E-state index in [1.807, 2.05) is 72.8 Å². The summed E-state index contributed by atoms with van der Waals surface area (Å²) in [6, 6.07) is 23.1. The average molecular weight is 610 g/mol. The molecule has 6 rings (SSSR count). The first-order chi connectivity index (χ1) is 21.4. The Morgan fingerprint density at radius 2 is 1.70 bits per heavy atom. The number of thioether (sulfide) groups is 1. The predicted octanol–water partition coefficient (Wildman–Crippen LogP) is 5.05. The van der Waals surface area contributed by atoms with Crippen molar-refractivity contribution in [3.05, 3.63) is 104 Å². The predicted molar refractivity (Wildman–Crippen MR) is 176 cm³/mol. The van der Waals surface area contributed by atoms with E-state index in [2.05, 4.69) is 13.2 Å². The van der Waals surface area contributed by atoms with E-state index in [0.717, 1.165) is 28.4 Å². The van der Waals surface area contributed by atoms with E-state index in [1.165, 1.54) is 0 Å². The van der Waals surface area contributed by atoms with Gasteiger partial charge in [0, 0.05) is 43.7 Å². The van der Waals surface area contributed by atoms with Crippen molar-refractivity contribution in [3.63, 3.8) is 0 Å². The lowest BCUT2D eigenvalue weighted by molar-refractivity contribution is -0.144. The second-order valence-corrected chi connectivity index (χ2v) is 13.5. The lowest BCUT2D eigenvalue weighted by atomic mass is 9.70. The molecule has 44 heavy (non-hydrogen) atoms. The quantitative estimate of drug-likeness (QED) is 0.291. The first kappa shape index (κ1) is 30.2. The van der Waals surface area contributed by atoms with Crippen molar-refractivity contribution in [3.8, 4) is 0 Å². The molecule has 3 fully saturated rings. The van der Waals surface area contributed by atoms with E-state index < -0.39 is 22.6 Å². The largest absolute Gasteiger partial charge is 0.396 e. The van der Waals surface area contributed by atoms with E-state index in [0.29, 0.717) is 25.9 Å². The van der Waals surface area contributed by atoms with Gasteiger partial charge in [0.05, 0.1) is 16.6 Å². The van der Waals surface area contributed by atoms with Gasteiger partial charge >= 0.3 is 0 Å². The molecule has 0 radical (unpaired) electrons. The van der Waals surface area contributed by atoms with Gasteiger partial charge in [0.2, 0.25) is 11.8 Å². The Morgan fingerprint density at radius 3 is 2.43 bits per heavy atom. The van der Waals surface area contributed by atoms with Crippen LogP contribution >= 0.6 is 11.8 Å². The number of likely N-dealkylation sites (tertiary alicyclic amines) is 1. The van der Waals surface area contributed by atoms with Crippen molar-refractivity contribution in [1.82, 2.24) is 9.80 Å². The molecule has 1 N–H and O–H groups in total. The van der Waals surface area contributed by atoms with Crippen molar-refractivity contribution in [2.24, 2.45) is 11.8 Å². The molecule has 1 spiro atoms. The van der Waals surface area contributed by atoms with Crippen LogP contribution in [0.15, 0.2) is 98.1 Å². The molecule has 3 aliphatic rings. The summed E-state index contributed by atoms with van der Waals surface area (Å²) < 4.78 is -0.711. The van der Waals surface area contributed by atoms with Gasteiger partial charge in [-0.2, -0.15) is 0 Å². The number of fused-ring (bicyclic) bond motifs is 2. The van der Waals surface area contributed by atoms with E-state index in [1.54, 1.807) is 38.6 Å². The van der Waals surface area contributed by atoms with E-state index >= 15 is 0 Å². The first-order valence-corrected chi connectivity index (χ1v) is 16.3. The third-order valence-electron chi connectivity index (χ3n) is 9.38. The van der Waals surface area contributed by atoms with Crippen molar-refractivity contribution in [1.29, 1.82) is 0 Å². The summed E-state index contributed by atoms with van der Waals surface area (Å²) in [6.45, 7) is 9.08.